The van der Waals surface area contributed by atoms with Gasteiger partial charge in [0.25, 0.3) is 0 Å². The summed E-state index contributed by atoms with van der Waals surface area (Å²) in [7, 11) is 1.32. The van der Waals surface area contributed by atoms with Crippen molar-refractivity contribution in [3.8, 4) is 0 Å². The Morgan fingerprint density at radius 2 is 2.00 bits per heavy atom. The maximum Gasteiger partial charge on any atom is 0.337 e. The molecule has 1 rings (SSSR count). The number of methoxy groups -OCH3 is 1. The second-order valence-corrected chi connectivity index (χ2v) is 2.46. The Hall–Kier alpha value is -2.04. The Bertz CT molecular complexity index is 321. The molecule has 0 spiro atoms. The summed E-state index contributed by atoms with van der Waals surface area (Å²) in [5.74, 6) is -0.389. The number of hydrogen-bond donors (Lipinski definition) is 2. The zero-order valence-corrected chi connectivity index (χ0v) is 7.61. The largest absolute Gasteiger partial charge is 0.465 e. The van der Waals surface area contributed by atoms with Crippen LogP contribution < -0.4 is 10.9 Å². The molecule has 0 heterocycles. The lowest BCUT2D eigenvalue weighted by atomic mass is 10.2. The lowest BCUT2D eigenvalue weighted by molar-refractivity contribution is -0.109. The molecule has 5 heteroatoms. The SMILES string of the molecule is COC(=O)c1ccc(NNC=O)cc1. The van der Waals surface area contributed by atoms with Crippen molar-refractivity contribution in [1.29, 1.82) is 0 Å². The van der Waals surface area contributed by atoms with Crippen LogP contribution >= 0.6 is 0 Å². The minimum Gasteiger partial charge on any atom is -0.465 e. The first-order chi connectivity index (χ1) is 6.77. The smallest absolute Gasteiger partial charge is 0.337 e. The molecule has 1 aromatic carbocycles. The van der Waals surface area contributed by atoms with Gasteiger partial charge in [0.1, 0.15) is 0 Å². The molecule has 0 aromatic heterocycles. The van der Waals surface area contributed by atoms with E-state index in [1.165, 1.54) is 7.11 Å². The average Bonchev–Trinajstić information content (AvgIpc) is 2.26. The highest BCUT2D eigenvalue weighted by Gasteiger charge is 2.03. The van der Waals surface area contributed by atoms with Crippen LogP contribution in [-0.4, -0.2) is 19.5 Å². The summed E-state index contributed by atoms with van der Waals surface area (Å²) in [6, 6.07) is 6.51. The van der Waals surface area contributed by atoms with Crippen molar-refractivity contribution in [1.82, 2.24) is 5.43 Å². The fourth-order valence-electron chi connectivity index (χ4n) is 0.920. The zero-order valence-electron chi connectivity index (χ0n) is 7.61. The third kappa shape index (κ3) is 2.48. The van der Waals surface area contributed by atoms with E-state index in [4.69, 9.17) is 0 Å². The molecular formula is C9H10N2O3. The molecule has 0 bridgehead atoms. The summed E-state index contributed by atoms with van der Waals surface area (Å²) in [6.07, 6.45) is 0.522. The highest BCUT2D eigenvalue weighted by atomic mass is 16.5. The van der Waals surface area contributed by atoms with Crippen LogP contribution in [0.4, 0.5) is 5.69 Å². The Labute approximate surface area is 81.0 Å². The molecule has 0 atom stereocenters. The van der Waals surface area contributed by atoms with Crippen LogP contribution in [-0.2, 0) is 9.53 Å². The minimum atomic E-state index is -0.389. The van der Waals surface area contributed by atoms with Gasteiger partial charge in [-0.1, -0.05) is 0 Å². The zero-order chi connectivity index (χ0) is 10.4. The van der Waals surface area contributed by atoms with Gasteiger partial charge in [0, 0.05) is 0 Å². The van der Waals surface area contributed by atoms with Crippen molar-refractivity contribution in [2.45, 2.75) is 0 Å². The number of carbonyl (C=O) groups excluding carboxylic acids is 2. The van der Waals surface area contributed by atoms with Gasteiger partial charge in [0.05, 0.1) is 18.4 Å². The second-order valence-electron chi connectivity index (χ2n) is 2.46. The number of benzene rings is 1. The van der Waals surface area contributed by atoms with E-state index in [1.807, 2.05) is 0 Å². The van der Waals surface area contributed by atoms with Gasteiger partial charge in [0.2, 0.25) is 6.41 Å². The number of rotatable bonds is 4. The van der Waals surface area contributed by atoms with Gasteiger partial charge >= 0.3 is 5.97 Å². The average molecular weight is 194 g/mol. The van der Waals surface area contributed by atoms with Gasteiger partial charge in [-0.15, -0.1) is 0 Å². The first kappa shape index (κ1) is 10.0. The maximum absolute atomic E-state index is 11.0. The first-order valence-corrected chi connectivity index (χ1v) is 3.91. The predicted octanol–water partition coefficient (Wildman–Crippen LogP) is 0.546. The molecule has 74 valence electrons. The summed E-state index contributed by atoms with van der Waals surface area (Å²) in [6.45, 7) is 0. The molecular weight excluding hydrogens is 184 g/mol. The molecule has 0 unspecified atom stereocenters. The van der Waals surface area contributed by atoms with Gasteiger partial charge in [0.15, 0.2) is 0 Å². The van der Waals surface area contributed by atoms with E-state index in [0.29, 0.717) is 17.7 Å². The molecule has 5 nitrogen and oxygen atoms in total. The van der Waals surface area contributed by atoms with E-state index in [2.05, 4.69) is 15.6 Å². The summed E-state index contributed by atoms with van der Waals surface area (Å²) < 4.78 is 4.53. The van der Waals surface area contributed by atoms with E-state index in [1.54, 1.807) is 24.3 Å². The van der Waals surface area contributed by atoms with Gasteiger partial charge in [-0.2, -0.15) is 0 Å². The van der Waals surface area contributed by atoms with Crippen LogP contribution in [0, 0.1) is 0 Å². The highest BCUT2D eigenvalue weighted by Crippen LogP contribution is 2.08. The van der Waals surface area contributed by atoms with Crippen LogP contribution in [0.2, 0.25) is 0 Å². The van der Waals surface area contributed by atoms with Gasteiger partial charge < -0.3 is 4.74 Å². The molecule has 1 amide bonds. The van der Waals surface area contributed by atoms with Crippen molar-refractivity contribution in [2.75, 3.05) is 12.5 Å². The standard InChI is InChI=1S/C9H10N2O3/c1-14-9(13)7-2-4-8(5-3-7)11-10-6-12/h2-6,11H,1H3,(H,10,12). The molecule has 1 aromatic rings. The lowest BCUT2D eigenvalue weighted by Gasteiger charge is -2.04. The van der Waals surface area contributed by atoms with Gasteiger partial charge in [-0.05, 0) is 24.3 Å². The number of anilines is 1. The summed E-state index contributed by atoms with van der Waals surface area (Å²) >= 11 is 0. The Morgan fingerprint density at radius 1 is 1.36 bits per heavy atom. The molecule has 0 aliphatic rings. The third-order valence-corrected chi connectivity index (χ3v) is 1.58. The maximum atomic E-state index is 11.0. The van der Waals surface area contributed by atoms with Crippen LogP contribution in [0.1, 0.15) is 10.4 Å². The van der Waals surface area contributed by atoms with Crippen molar-refractivity contribution in [3.63, 3.8) is 0 Å². The Kier molecular flexibility index (Phi) is 3.49. The number of amides is 1. The molecule has 0 fully saturated rings. The van der Waals surface area contributed by atoms with E-state index in [0.717, 1.165) is 0 Å². The number of esters is 1. The summed E-state index contributed by atoms with van der Waals surface area (Å²) in [4.78, 5) is 21.0. The number of carbonyl (C=O) groups is 2. The van der Waals surface area contributed by atoms with Crippen molar-refractivity contribution < 1.29 is 14.3 Å². The van der Waals surface area contributed by atoms with Crippen molar-refractivity contribution in [3.05, 3.63) is 29.8 Å². The highest BCUT2D eigenvalue weighted by molar-refractivity contribution is 5.89. The molecule has 0 saturated heterocycles. The van der Waals surface area contributed by atoms with Crippen LogP contribution in [0.25, 0.3) is 0 Å². The van der Waals surface area contributed by atoms with Gasteiger partial charge in [-0.25, -0.2) is 4.79 Å². The topological polar surface area (TPSA) is 67.4 Å². The molecule has 0 saturated carbocycles. The van der Waals surface area contributed by atoms with Crippen LogP contribution in [0.3, 0.4) is 0 Å². The molecule has 14 heavy (non-hydrogen) atoms. The van der Waals surface area contributed by atoms with Crippen LogP contribution in [0.5, 0.6) is 0 Å². The number of nitrogens with one attached hydrogen (secondary N) is 2. The molecule has 0 aliphatic carbocycles. The minimum absolute atomic E-state index is 0.389. The first-order valence-electron chi connectivity index (χ1n) is 3.91. The Morgan fingerprint density at radius 3 is 2.50 bits per heavy atom. The van der Waals surface area contributed by atoms with Crippen molar-refractivity contribution >= 4 is 18.1 Å². The normalized spacial score (nSPS) is 8.93. The fourth-order valence-corrected chi connectivity index (χ4v) is 0.920. The summed E-state index contributed by atoms with van der Waals surface area (Å²) in [5, 5.41) is 0. The molecule has 2 N–H and O–H groups in total. The predicted molar refractivity (Wildman–Crippen MR) is 50.6 cm³/mol. The number of ether oxygens (including phenoxy) is 1. The number of hydrogen-bond acceptors (Lipinski definition) is 4. The molecule has 0 radical (unpaired) electrons. The Balaban J connectivity index is 2.68. The van der Waals surface area contributed by atoms with E-state index in [9.17, 15) is 9.59 Å². The monoisotopic (exact) mass is 194 g/mol. The quantitative estimate of drug-likeness (QED) is 0.417. The van der Waals surface area contributed by atoms with Gasteiger partial charge in [-0.3, -0.25) is 15.6 Å². The molecule has 0 aliphatic heterocycles. The second kappa shape index (κ2) is 4.86. The fraction of sp³-hybridized carbons (Fsp3) is 0.111. The lowest BCUT2D eigenvalue weighted by Crippen LogP contribution is -2.18. The number of hydrazine groups is 1. The van der Waals surface area contributed by atoms with E-state index < -0.39 is 0 Å². The third-order valence-electron chi connectivity index (χ3n) is 1.58. The van der Waals surface area contributed by atoms with Crippen LogP contribution in [0.15, 0.2) is 24.3 Å². The van der Waals surface area contributed by atoms with E-state index in [-0.39, 0.29) is 5.97 Å². The van der Waals surface area contributed by atoms with Crippen molar-refractivity contribution in [2.24, 2.45) is 0 Å². The van der Waals surface area contributed by atoms with E-state index >= 15 is 0 Å². The summed E-state index contributed by atoms with van der Waals surface area (Å²) in [5.41, 5.74) is 6.04.